The van der Waals surface area contributed by atoms with Crippen molar-refractivity contribution in [2.75, 3.05) is 25.5 Å². The van der Waals surface area contributed by atoms with E-state index in [0.717, 1.165) is 24.7 Å². The van der Waals surface area contributed by atoms with Crippen molar-refractivity contribution in [1.29, 1.82) is 0 Å². The number of hydrogen-bond acceptors (Lipinski definition) is 3. The number of hydrogen-bond donors (Lipinski definition) is 1. The quantitative estimate of drug-likeness (QED) is 0.888. The van der Waals surface area contributed by atoms with Gasteiger partial charge in [0.15, 0.2) is 11.6 Å². The highest BCUT2D eigenvalue weighted by molar-refractivity contribution is 5.49. The van der Waals surface area contributed by atoms with Crippen molar-refractivity contribution >= 4 is 5.69 Å². The van der Waals surface area contributed by atoms with Gasteiger partial charge < -0.3 is 10.1 Å². The summed E-state index contributed by atoms with van der Waals surface area (Å²) >= 11 is 0. The summed E-state index contributed by atoms with van der Waals surface area (Å²) in [5.74, 6) is -0.00822. The number of nitrogens with one attached hydrogen (secondary N) is 1. The van der Waals surface area contributed by atoms with E-state index in [4.69, 9.17) is 4.74 Å². The predicted octanol–water partition coefficient (Wildman–Crippen LogP) is 2.48. The fraction of sp³-hybridized carbons (Fsp3) is 0.571. The lowest BCUT2D eigenvalue weighted by molar-refractivity contribution is 0.326. The van der Waals surface area contributed by atoms with Crippen molar-refractivity contribution in [2.24, 2.45) is 0 Å². The minimum Gasteiger partial charge on any atom is -0.494 e. The van der Waals surface area contributed by atoms with E-state index in [1.54, 1.807) is 12.1 Å². The molecule has 1 atom stereocenters. The Morgan fingerprint density at radius 2 is 2.17 bits per heavy atom. The second-order valence-electron chi connectivity index (χ2n) is 5.21. The van der Waals surface area contributed by atoms with Gasteiger partial charge in [-0.3, -0.25) is 4.90 Å². The second kappa shape index (κ2) is 4.76. The van der Waals surface area contributed by atoms with Crippen LogP contribution in [0.3, 0.4) is 0 Å². The lowest BCUT2D eigenvalue weighted by Gasteiger charge is -2.17. The van der Waals surface area contributed by atoms with Crippen LogP contribution in [-0.4, -0.2) is 37.2 Å². The summed E-state index contributed by atoms with van der Waals surface area (Å²) in [7, 11) is 1.49. The van der Waals surface area contributed by atoms with Gasteiger partial charge in [-0.1, -0.05) is 0 Å². The van der Waals surface area contributed by atoms with Gasteiger partial charge in [0, 0.05) is 36.9 Å². The number of anilines is 1. The maximum absolute atomic E-state index is 13.3. The molecule has 4 heteroatoms. The van der Waals surface area contributed by atoms with E-state index in [2.05, 4.69) is 10.2 Å². The third kappa shape index (κ3) is 2.43. The molecule has 3 nitrogen and oxygen atoms in total. The largest absolute Gasteiger partial charge is 0.494 e. The maximum Gasteiger partial charge on any atom is 0.165 e. The van der Waals surface area contributed by atoms with E-state index in [1.807, 2.05) is 0 Å². The summed E-state index contributed by atoms with van der Waals surface area (Å²) in [6.07, 6.45) is 3.88. The Bertz CT molecular complexity index is 434. The molecule has 1 aliphatic carbocycles. The molecule has 1 heterocycles. The van der Waals surface area contributed by atoms with Crippen molar-refractivity contribution in [3.05, 3.63) is 24.0 Å². The van der Waals surface area contributed by atoms with E-state index < -0.39 is 0 Å². The Morgan fingerprint density at radius 1 is 1.33 bits per heavy atom. The molecule has 98 valence electrons. The first-order valence-corrected chi connectivity index (χ1v) is 6.60. The number of methoxy groups -OCH3 is 1. The lowest BCUT2D eigenvalue weighted by Crippen LogP contribution is -2.27. The van der Waals surface area contributed by atoms with Crippen LogP contribution in [-0.2, 0) is 0 Å². The van der Waals surface area contributed by atoms with Crippen LogP contribution in [0.2, 0.25) is 0 Å². The molecule has 3 rings (SSSR count). The molecular formula is C14H19FN2O. The molecule has 1 N–H and O–H groups in total. The Kier molecular flexibility index (Phi) is 3.12. The predicted molar refractivity (Wildman–Crippen MR) is 69.6 cm³/mol. The van der Waals surface area contributed by atoms with E-state index in [0.29, 0.717) is 11.8 Å². The van der Waals surface area contributed by atoms with Crippen LogP contribution >= 0.6 is 0 Å². The zero-order valence-corrected chi connectivity index (χ0v) is 10.7. The Balaban J connectivity index is 1.62. The van der Waals surface area contributed by atoms with Crippen LogP contribution in [0.1, 0.15) is 19.3 Å². The number of halogens is 1. The third-order valence-corrected chi connectivity index (χ3v) is 3.80. The van der Waals surface area contributed by atoms with Gasteiger partial charge in [0.25, 0.3) is 0 Å². The Hall–Kier alpha value is -1.29. The third-order valence-electron chi connectivity index (χ3n) is 3.80. The summed E-state index contributed by atoms with van der Waals surface area (Å²) in [6, 6.07) is 6.27. The molecule has 0 aromatic heterocycles. The van der Waals surface area contributed by atoms with Crippen molar-refractivity contribution in [2.45, 2.75) is 31.3 Å². The minimum atomic E-state index is -0.311. The molecule has 1 saturated heterocycles. The number of rotatable bonds is 4. The summed E-state index contributed by atoms with van der Waals surface area (Å²) in [5.41, 5.74) is 0.941. The molecule has 0 radical (unpaired) electrons. The lowest BCUT2D eigenvalue weighted by atomic mass is 10.2. The van der Waals surface area contributed by atoms with E-state index >= 15 is 0 Å². The molecule has 0 spiro atoms. The van der Waals surface area contributed by atoms with Gasteiger partial charge in [-0.15, -0.1) is 0 Å². The van der Waals surface area contributed by atoms with Gasteiger partial charge in [0.05, 0.1) is 7.11 Å². The normalized spacial score (nSPS) is 24.2. The molecule has 2 fully saturated rings. The average molecular weight is 250 g/mol. The van der Waals surface area contributed by atoms with Crippen molar-refractivity contribution in [3.8, 4) is 5.75 Å². The highest BCUT2D eigenvalue weighted by Gasteiger charge is 2.34. The molecule has 1 aromatic rings. The Morgan fingerprint density at radius 3 is 2.89 bits per heavy atom. The highest BCUT2D eigenvalue weighted by Crippen LogP contribution is 2.31. The van der Waals surface area contributed by atoms with Gasteiger partial charge in [0.2, 0.25) is 0 Å². The molecule has 1 aliphatic heterocycles. The van der Waals surface area contributed by atoms with Crippen LogP contribution in [0.25, 0.3) is 0 Å². The Labute approximate surface area is 107 Å². The first kappa shape index (κ1) is 11.8. The summed E-state index contributed by atoms with van der Waals surface area (Å²) in [5, 5.41) is 3.47. The van der Waals surface area contributed by atoms with Crippen LogP contribution in [0.5, 0.6) is 5.75 Å². The van der Waals surface area contributed by atoms with Crippen molar-refractivity contribution in [1.82, 2.24) is 4.90 Å². The SMILES string of the molecule is COc1cc(NC2CCN(C3CC3)C2)ccc1F. The molecular weight excluding hydrogens is 231 g/mol. The van der Waals surface area contributed by atoms with Gasteiger partial charge >= 0.3 is 0 Å². The van der Waals surface area contributed by atoms with Gasteiger partial charge in [-0.05, 0) is 31.4 Å². The van der Waals surface area contributed by atoms with Crippen LogP contribution in [0.15, 0.2) is 18.2 Å². The fourth-order valence-corrected chi connectivity index (χ4v) is 2.66. The number of benzene rings is 1. The monoisotopic (exact) mass is 250 g/mol. The second-order valence-corrected chi connectivity index (χ2v) is 5.21. The zero-order chi connectivity index (χ0) is 12.5. The van der Waals surface area contributed by atoms with E-state index in [-0.39, 0.29) is 5.82 Å². The fourth-order valence-electron chi connectivity index (χ4n) is 2.66. The first-order chi connectivity index (χ1) is 8.76. The van der Waals surface area contributed by atoms with Gasteiger partial charge in [-0.2, -0.15) is 0 Å². The molecule has 1 unspecified atom stereocenters. The van der Waals surface area contributed by atoms with E-state index in [9.17, 15) is 4.39 Å². The minimum absolute atomic E-state index is 0.303. The zero-order valence-electron chi connectivity index (χ0n) is 10.7. The first-order valence-electron chi connectivity index (χ1n) is 6.60. The molecule has 1 aromatic carbocycles. The molecule has 1 saturated carbocycles. The van der Waals surface area contributed by atoms with Gasteiger partial charge in [0.1, 0.15) is 0 Å². The maximum atomic E-state index is 13.3. The summed E-state index contributed by atoms with van der Waals surface area (Å²) in [4.78, 5) is 2.55. The van der Waals surface area contributed by atoms with E-state index in [1.165, 1.54) is 32.6 Å². The van der Waals surface area contributed by atoms with Crippen LogP contribution < -0.4 is 10.1 Å². The molecule has 0 bridgehead atoms. The standard InChI is InChI=1S/C14H19FN2O/c1-18-14-8-10(2-5-13(14)15)16-11-6-7-17(9-11)12-3-4-12/h2,5,8,11-12,16H,3-4,6-7,9H2,1H3. The number of likely N-dealkylation sites (tertiary alicyclic amines) is 1. The molecule has 0 amide bonds. The van der Waals surface area contributed by atoms with Crippen molar-refractivity contribution in [3.63, 3.8) is 0 Å². The topological polar surface area (TPSA) is 24.5 Å². The van der Waals surface area contributed by atoms with Crippen LogP contribution in [0, 0.1) is 5.82 Å². The highest BCUT2D eigenvalue weighted by atomic mass is 19.1. The average Bonchev–Trinajstić information content (AvgIpc) is 3.13. The molecule has 2 aliphatic rings. The van der Waals surface area contributed by atoms with Gasteiger partial charge in [-0.25, -0.2) is 4.39 Å². The molecule has 18 heavy (non-hydrogen) atoms. The number of nitrogens with zero attached hydrogens (tertiary/aromatic N) is 1. The summed E-state index contributed by atoms with van der Waals surface area (Å²) < 4.78 is 18.3. The summed E-state index contributed by atoms with van der Waals surface area (Å²) in [6.45, 7) is 2.28. The van der Waals surface area contributed by atoms with Crippen molar-refractivity contribution < 1.29 is 9.13 Å². The van der Waals surface area contributed by atoms with Crippen LogP contribution in [0.4, 0.5) is 10.1 Å². The number of ether oxygens (including phenoxy) is 1. The smallest absolute Gasteiger partial charge is 0.165 e.